The molecule has 146 valence electrons. The Morgan fingerprint density at radius 3 is 1.32 bits per heavy atom. The van der Waals surface area contributed by atoms with Crippen LogP contribution in [0.15, 0.2) is 54.6 Å². The standard InChI is InChI=1S/C26H31OP/c1-18-12-20(3)25(21(4)13-18)16-28(27,24-10-8-7-9-11-24)17-26-22(5)14-19(2)15-23(26)6/h7-15H,16-17H2,1-6H3. The summed E-state index contributed by atoms with van der Waals surface area (Å²) in [4.78, 5) is 0. The fraction of sp³-hybridized carbons (Fsp3) is 0.308. The molecule has 0 aliphatic rings. The smallest absolute Gasteiger partial charge is 0.124 e. The topological polar surface area (TPSA) is 17.1 Å². The lowest BCUT2D eigenvalue weighted by molar-refractivity contribution is 0.579. The lowest BCUT2D eigenvalue weighted by Gasteiger charge is -2.24. The van der Waals surface area contributed by atoms with Gasteiger partial charge in [0, 0.05) is 17.6 Å². The number of aryl methyl sites for hydroxylation is 6. The molecule has 3 aromatic carbocycles. The van der Waals surface area contributed by atoms with E-state index >= 15 is 0 Å². The van der Waals surface area contributed by atoms with E-state index in [0.29, 0.717) is 12.3 Å². The van der Waals surface area contributed by atoms with Crippen LogP contribution in [0.1, 0.15) is 44.5 Å². The Bertz CT molecular complexity index is 938. The van der Waals surface area contributed by atoms with Gasteiger partial charge in [0.2, 0.25) is 0 Å². The third-order valence-corrected chi connectivity index (χ3v) is 8.63. The molecular formula is C26H31OP. The minimum absolute atomic E-state index is 0.613. The molecule has 0 aromatic heterocycles. The minimum atomic E-state index is -2.65. The van der Waals surface area contributed by atoms with Gasteiger partial charge in [0.05, 0.1) is 0 Å². The highest BCUT2D eigenvalue weighted by Crippen LogP contribution is 2.53. The summed E-state index contributed by atoms with van der Waals surface area (Å²) in [5.41, 5.74) is 9.96. The second kappa shape index (κ2) is 8.10. The lowest BCUT2D eigenvalue weighted by atomic mass is 10.0. The third kappa shape index (κ3) is 4.31. The molecule has 28 heavy (non-hydrogen) atoms. The van der Waals surface area contributed by atoms with E-state index < -0.39 is 7.14 Å². The van der Waals surface area contributed by atoms with Gasteiger partial charge in [-0.25, -0.2) is 0 Å². The molecule has 3 aromatic rings. The van der Waals surface area contributed by atoms with Crippen molar-refractivity contribution in [2.75, 3.05) is 0 Å². The zero-order valence-corrected chi connectivity index (χ0v) is 18.9. The van der Waals surface area contributed by atoms with Gasteiger partial charge in [-0.2, -0.15) is 0 Å². The average Bonchev–Trinajstić information content (AvgIpc) is 2.62. The summed E-state index contributed by atoms with van der Waals surface area (Å²) in [6.07, 6.45) is 1.23. The van der Waals surface area contributed by atoms with Crippen molar-refractivity contribution in [2.45, 2.75) is 53.9 Å². The molecule has 0 amide bonds. The summed E-state index contributed by atoms with van der Waals surface area (Å²) >= 11 is 0. The number of hydrogen-bond donors (Lipinski definition) is 0. The number of hydrogen-bond acceptors (Lipinski definition) is 1. The SMILES string of the molecule is Cc1cc(C)c(CP(=O)(Cc2c(C)cc(C)cc2C)c2ccccc2)c(C)c1. The monoisotopic (exact) mass is 390 g/mol. The third-order valence-electron chi connectivity index (χ3n) is 5.73. The summed E-state index contributed by atoms with van der Waals surface area (Å²) in [5, 5.41) is 0.980. The van der Waals surface area contributed by atoms with Crippen molar-refractivity contribution in [3.63, 3.8) is 0 Å². The zero-order valence-electron chi connectivity index (χ0n) is 18.0. The first kappa shape index (κ1) is 20.6. The summed E-state index contributed by atoms with van der Waals surface area (Å²) in [7, 11) is -2.65. The van der Waals surface area contributed by atoms with Crippen molar-refractivity contribution in [3.8, 4) is 0 Å². The van der Waals surface area contributed by atoms with Crippen LogP contribution in [0.3, 0.4) is 0 Å². The van der Waals surface area contributed by atoms with Crippen molar-refractivity contribution < 1.29 is 4.57 Å². The highest BCUT2D eigenvalue weighted by molar-refractivity contribution is 7.70. The lowest BCUT2D eigenvalue weighted by Crippen LogP contribution is -2.11. The quantitative estimate of drug-likeness (QED) is 0.432. The predicted molar refractivity (Wildman–Crippen MR) is 122 cm³/mol. The maximum absolute atomic E-state index is 14.5. The van der Waals surface area contributed by atoms with Crippen molar-refractivity contribution in [1.29, 1.82) is 0 Å². The molecular weight excluding hydrogens is 359 g/mol. The van der Waals surface area contributed by atoms with Crippen molar-refractivity contribution in [2.24, 2.45) is 0 Å². The van der Waals surface area contributed by atoms with Gasteiger partial charge < -0.3 is 4.57 Å². The first-order valence-electron chi connectivity index (χ1n) is 9.97. The van der Waals surface area contributed by atoms with Gasteiger partial charge in [-0.15, -0.1) is 0 Å². The van der Waals surface area contributed by atoms with Crippen LogP contribution < -0.4 is 5.30 Å². The Balaban J connectivity index is 2.12. The minimum Gasteiger partial charge on any atom is -0.318 e. The maximum atomic E-state index is 14.5. The molecule has 0 atom stereocenters. The normalized spacial score (nSPS) is 11.6. The molecule has 0 heterocycles. The molecule has 0 spiro atoms. The second-order valence-corrected chi connectivity index (χ2v) is 11.2. The van der Waals surface area contributed by atoms with E-state index in [2.05, 4.69) is 65.8 Å². The van der Waals surface area contributed by atoms with Gasteiger partial charge in [0.15, 0.2) is 0 Å². The summed E-state index contributed by atoms with van der Waals surface area (Å²) in [6.45, 7) is 12.8. The molecule has 0 saturated carbocycles. The first-order chi connectivity index (χ1) is 13.2. The Morgan fingerprint density at radius 2 is 0.964 bits per heavy atom. The van der Waals surface area contributed by atoms with Gasteiger partial charge in [-0.1, -0.05) is 65.7 Å². The van der Waals surface area contributed by atoms with Gasteiger partial charge >= 0.3 is 0 Å². The Labute approximate surface area is 170 Å². The second-order valence-electron chi connectivity index (χ2n) is 8.30. The molecule has 0 radical (unpaired) electrons. The summed E-state index contributed by atoms with van der Waals surface area (Å²) in [6, 6.07) is 18.9. The van der Waals surface area contributed by atoms with Crippen LogP contribution in [0.2, 0.25) is 0 Å². The van der Waals surface area contributed by atoms with E-state index in [1.54, 1.807) is 0 Å². The Hall–Kier alpha value is -2.11. The van der Waals surface area contributed by atoms with Crippen LogP contribution in [0, 0.1) is 41.5 Å². The number of benzene rings is 3. The van der Waals surface area contributed by atoms with E-state index in [4.69, 9.17) is 0 Å². The molecule has 0 aliphatic carbocycles. The van der Waals surface area contributed by atoms with Gasteiger partial charge in [-0.3, -0.25) is 0 Å². The van der Waals surface area contributed by atoms with E-state index in [1.807, 2.05) is 30.3 Å². The molecule has 0 aliphatic heterocycles. The van der Waals surface area contributed by atoms with Gasteiger partial charge in [-0.05, 0) is 74.9 Å². The molecule has 2 heteroatoms. The summed E-state index contributed by atoms with van der Waals surface area (Å²) in [5.74, 6) is 0. The molecule has 0 saturated heterocycles. The van der Waals surface area contributed by atoms with Crippen LogP contribution in [0.4, 0.5) is 0 Å². The van der Waals surface area contributed by atoms with Crippen LogP contribution in [0.5, 0.6) is 0 Å². The van der Waals surface area contributed by atoms with Crippen molar-refractivity contribution >= 4 is 12.4 Å². The fourth-order valence-corrected chi connectivity index (χ4v) is 7.58. The van der Waals surface area contributed by atoms with Crippen LogP contribution >= 0.6 is 7.14 Å². The largest absolute Gasteiger partial charge is 0.318 e. The van der Waals surface area contributed by atoms with Crippen LogP contribution in [0.25, 0.3) is 0 Å². The molecule has 0 bridgehead atoms. The van der Waals surface area contributed by atoms with Crippen molar-refractivity contribution in [3.05, 3.63) is 99.1 Å². The van der Waals surface area contributed by atoms with Gasteiger partial charge in [0.1, 0.15) is 7.14 Å². The summed E-state index contributed by atoms with van der Waals surface area (Å²) < 4.78 is 14.5. The van der Waals surface area contributed by atoms with E-state index in [-0.39, 0.29) is 0 Å². The molecule has 0 N–H and O–H groups in total. The molecule has 0 unspecified atom stereocenters. The fourth-order valence-electron chi connectivity index (χ4n) is 4.37. The Kier molecular flexibility index (Phi) is 5.96. The first-order valence-corrected chi connectivity index (χ1v) is 12.0. The highest BCUT2D eigenvalue weighted by atomic mass is 31.2. The maximum Gasteiger partial charge on any atom is 0.124 e. The predicted octanol–water partition coefficient (Wildman–Crippen LogP) is 6.93. The van der Waals surface area contributed by atoms with E-state index in [9.17, 15) is 4.57 Å². The highest BCUT2D eigenvalue weighted by Gasteiger charge is 2.28. The van der Waals surface area contributed by atoms with E-state index in [1.165, 1.54) is 44.5 Å². The zero-order chi connectivity index (χ0) is 20.5. The molecule has 0 fully saturated rings. The molecule has 1 nitrogen and oxygen atoms in total. The van der Waals surface area contributed by atoms with Crippen LogP contribution in [-0.4, -0.2) is 0 Å². The Morgan fingerprint density at radius 1 is 0.607 bits per heavy atom. The van der Waals surface area contributed by atoms with Crippen LogP contribution in [-0.2, 0) is 16.9 Å². The van der Waals surface area contributed by atoms with Crippen molar-refractivity contribution in [1.82, 2.24) is 0 Å². The van der Waals surface area contributed by atoms with E-state index in [0.717, 1.165) is 5.30 Å². The average molecular weight is 391 g/mol. The number of rotatable bonds is 5. The molecule has 3 rings (SSSR count). The van der Waals surface area contributed by atoms with Gasteiger partial charge in [0.25, 0.3) is 0 Å².